The van der Waals surface area contributed by atoms with Crippen LogP contribution in [0.15, 0.2) is 24.3 Å². The van der Waals surface area contributed by atoms with E-state index < -0.39 is 0 Å². The van der Waals surface area contributed by atoms with Crippen molar-refractivity contribution in [2.75, 3.05) is 20.7 Å². The first-order valence-corrected chi connectivity index (χ1v) is 8.27. The monoisotopic (exact) mass is 318 g/mol. The Bertz CT molecular complexity index is 542. The number of nitrogens with zero attached hydrogens (tertiary/aromatic N) is 1. The van der Waals surface area contributed by atoms with Crippen LogP contribution >= 0.6 is 0 Å². The van der Waals surface area contributed by atoms with Gasteiger partial charge in [0.05, 0.1) is 19.1 Å². The van der Waals surface area contributed by atoms with Gasteiger partial charge in [0.2, 0.25) is 11.8 Å². The Morgan fingerprint density at radius 3 is 2.61 bits per heavy atom. The zero-order valence-electron chi connectivity index (χ0n) is 14.2. The summed E-state index contributed by atoms with van der Waals surface area (Å²) in [7, 11) is 3.28. The zero-order valence-corrected chi connectivity index (χ0v) is 14.2. The summed E-state index contributed by atoms with van der Waals surface area (Å²) in [6.45, 7) is 2.80. The minimum atomic E-state index is -0.206. The van der Waals surface area contributed by atoms with Gasteiger partial charge < -0.3 is 15.0 Å². The van der Waals surface area contributed by atoms with Gasteiger partial charge in [-0.2, -0.15) is 0 Å². The summed E-state index contributed by atoms with van der Waals surface area (Å²) in [5.41, 5.74) is 0.989. The van der Waals surface area contributed by atoms with E-state index in [-0.39, 0.29) is 23.8 Å². The maximum absolute atomic E-state index is 12.4. The summed E-state index contributed by atoms with van der Waals surface area (Å²) >= 11 is 0. The molecule has 1 aromatic rings. The van der Waals surface area contributed by atoms with Crippen LogP contribution in [0, 0.1) is 5.92 Å². The third kappa shape index (κ3) is 3.84. The molecule has 0 spiro atoms. The molecule has 2 amide bonds. The lowest BCUT2D eigenvalue weighted by Gasteiger charge is -2.40. The minimum absolute atomic E-state index is 0.000170. The lowest BCUT2D eigenvalue weighted by atomic mass is 9.83. The number of hydrogen-bond donors (Lipinski definition) is 1. The number of rotatable bonds is 6. The third-order valence-corrected chi connectivity index (χ3v) is 4.50. The fraction of sp³-hybridized carbons (Fsp3) is 0.556. The Morgan fingerprint density at radius 2 is 2.04 bits per heavy atom. The van der Waals surface area contributed by atoms with Gasteiger partial charge in [0.1, 0.15) is 5.75 Å². The van der Waals surface area contributed by atoms with Crippen LogP contribution in [0.5, 0.6) is 5.75 Å². The van der Waals surface area contributed by atoms with E-state index in [9.17, 15) is 9.59 Å². The summed E-state index contributed by atoms with van der Waals surface area (Å²) < 4.78 is 5.21. The van der Waals surface area contributed by atoms with Gasteiger partial charge in [-0.3, -0.25) is 9.59 Å². The van der Waals surface area contributed by atoms with E-state index in [1.54, 1.807) is 14.2 Å². The molecule has 2 rings (SSSR count). The first kappa shape index (κ1) is 17.3. The van der Waals surface area contributed by atoms with Crippen molar-refractivity contribution in [2.24, 2.45) is 5.92 Å². The molecule has 126 valence electrons. The first-order valence-electron chi connectivity index (χ1n) is 8.27. The van der Waals surface area contributed by atoms with E-state index in [4.69, 9.17) is 4.74 Å². The number of piperidine rings is 1. The van der Waals surface area contributed by atoms with Crippen molar-refractivity contribution in [3.05, 3.63) is 29.8 Å². The van der Waals surface area contributed by atoms with E-state index in [0.717, 1.165) is 24.2 Å². The molecule has 0 aromatic heterocycles. The van der Waals surface area contributed by atoms with Crippen molar-refractivity contribution in [3.63, 3.8) is 0 Å². The molecule has 1 saturated heterocycles. The normalized spacial score (nSPS) is 21.2. The van der Waals surface area contributed by atoms with Gasteiger partial charge in [0.15, 0.2) is 0 Å². The fourth-order valence-electron chi connectivity index (χ4n) is 3.22. The Balaban J connectivity index is 2.36. The number of likely N-dealkylation sites (tertiary alicyclic amines) is 1. The van der Waals surface area contributed by atoms with Crippen LogP contribution in [0.3, 0.4) is 0 Å². The van der Waals surface area contributed by atoms with Crippen molar-refractivity contribution in [1.29, 1.82) is 0 Å². The molecule has 23 heavy (non-hydrogen) atoms. The number of ether oxygens (including phenoxy) is 1. The number of hydrogen-bond acceptors (Lipinski definition) is 3. The zero-order chi connectivity index (χ0) is 16.8. The van der Waals surface area contributed by atoms with Crippen LogP contribution in [-0.2, 0) is 9.59 Å². The Kier molecular flexibility index (Phi) is 6.02. The molecule has 5 nitrogen and oxygen atoms in total. The van der Waals surface area contributed by atoms with Crippen molar-refractivity contribution in [3.8, 4) is 5.75 Å². The molecular formula is C18H26N2O3. The number of benzene rings is 1. The Morgan fingerprint density at radius 1 is 1.35 bits per heavy atom. The van der Waals surface area contributed by atoms with Crippen LogP contribution < -0.4 is 10.1 Å². The topological polar surface area (TPSA) is 58.6 Å². The molecule has 5 heteroatoms. The van der Waals surface area contributed by atoms with Crippen molar-refractivity contribution in [2.45, 2.75) is 38.6 Å². The molecule has 2 atom stereocenters. The highest BCUT2D eigenvalue weighted by molar-refractivity contribution is 5.84. The quantitative estimate of drug-likeness (QED) is 0.877. The minimum Gasteiger partial charge on any atom is -0.497 e. The van der Waals surface area contributed by atoms with Crippen molar-refractivity contribution < 1.29 is 14.3 Å². The standard InChI is InChI=1S/C18H26N2O3/c1-4-5-12-20-16(21)11-10-15(18(22)19-2)17(20)13-6-8-14(23-3)9-7-13/h6-9,15,17H,4-5,10-12H2,1-3H3,(H,19,22)/t15-,17+/m0/s1. The van der Waals surface area contributed by atoms with E-state index in [1.807, 2.05) is 29.2 Å². The van der Waals surface area contributed by atoms with Crippen LogP contribution in [0.2, 0.25) is 0 Å². The third-order valence-electron chi connectivity index (χ3n) is 4.50. The van der Waals surface area contributed by atoms with Gasteiger partial charge in [-0.1, -0.05) is 25.5 Å². The number of carbonyl (C=O) groups is 2. The lowest BCUT2D eigenvalue weighted by Crippen LogP contribution is -2.47. The van der Waals surface area contributed by atoms with E-state index in [0.29, 0.717) is 19.4 Å². The second-order valence-electron chi connectivity index (χ2n) is 5.92. The number of carbonyl (C=O) groups excluding carboxylic acids is 2. The molecule has 0 saturated carbocycles. The Hall–Kier alpha value is -2.04. The number of methoxy groups -OCH3 is 1. The van der Waals surface area contributed by atoms with E-state index in [1.165, 1.54) is 0 Å². The summed E-state index contributed by atoms with van der Waals surface area (Å²) in [6.07, 6.45) is 2.99. The number of amides is 2. The lowest BCUT2D eigenvalue weighted by molar-refractivity contribution is -0.143. The van der Waals surface area contributed by atoms with Crippen LogP contribution in [0.4, 0.5) is 0 Å². The van der Waals surface area contributed by atoms with Crippen molar-refractivity contribution >= 4 is 11.8 Å². The number of nitrogens with one attached hydrogen (secondary N) is 1. The molecule has 1 aliphatic rings. The van der Waals surface area contributed by atoms with Gasteiger partial charge in [0, 0.05) is 20.0 Å². The summed E-state index contributed by atoms with van der Waals surface area (Å²) in [5.74, 6) is 0.703. The average molecular weight is 318 g/mol. The molecule has 1 heterocycles. The highest BCUT2D eigenvalue weighted by Gasteiger charge is 2.39. The molecule has 0 aliphatic carbocycles. The van der Waals surface area contributed by atoms with Gasteiger partial charge in [-0.15, -0.1) is 0 Å². The smallest absolute Gasteiger partial charge is 0.225 e. The molecule has 0 bridgehead atoms. The van der Waals surface area contributed by atoms with E-state index >= 15 is 0 Å². The summed E-state index contributed by atoms with van der Waals surface area (Å²) in [4.78, 5) is 26.6. The number of unbranched alkanes of at least 4 members (excludes halogenated alkanes) is 1. The highest BCUT2D eigenvalue weighted by Crippen LogP contribution is 2.37. The van der Waals surface area contributed by atoms with Gasteiger partial charge in [0.25, 0.3) is 0 Å². The molecule has 0 radical (unpaired) electrons. The fourth-order valence-corrected chi connectivity index (χ4v) is 3.22. The van der Waals surface area contributed by atoms with Crippen molar-refractivity contribution in [1.82, 2.24) is 10.2 Å². The van der Waals surface area contributed by atoms with E-state index in [2.05, 4.69) is 12.2 Å². The second kappa shape index (κ2) is 7.99. The predicted octanol–water partition coefficient (Wildman–Crippen LogP) is 2.52. The van der Waals surface area contributed by atoms with Gasteiger partial charge >= 0.3 is 0 Å². The first-order chi connectivity index (χ1) is 11.1. The average Bonchev–Trinajstić information content (AvgIpc) is 2.59. The SMILES string of the molecule is CCCCN1C(=O)CC[C@H](C(=O)NC)[C@H]1c1ccc(OC)cc1. The molecule has 1 aromatic carbocycles. The molecule has 1 N–H and O–H groups in total. The van der Waals surface area contributed by atoms with Crippen LogP contribution in [-0.4, -0.2) is 37.4 Å². The van der Waals surface area contributed by atoms with Gasteiger partial charge in [-0.25, -0.2) is 0 Å². The van der Waals surface area contributed by atoms with Crippen LogP contribution in [0.25, 0.3) is 0 Å². The maximum Gasteiger partial charge on any atom is 0.225 e. The summed E-state index contributed by atoms with van der Waals surface area (Å²) in [5, 5.41) is 2.75. The molecule has 1 fully saturated rings. The predicted molar refractivity (Wildman–Crippen MR) is 89.1 cm³/mol. The van der Waals surface area contributed by atoms with Gasteiger partial charge in [-0.05, 0) is 30.5 Å². The Labute approximate surface area is 138 Å². The molecule has 1 aliphatic heterocycles. The highest BCUT2D eigenvalue weighted by atomic mass is 16.5. The second-order valence-corrected chi connectivity index (χ2v) is 5.92. The van der Waals surface area contributed by atoms with Crippen LogP contribution in [0.1, 0.15) is 44.2 Å². The maximum atomic E-state index is 12.4. The molecular weight excluding hydrogens is 292 g/mol. The summed E-state index contributed by atoms with van der Waals surface area (Å²) in [6, 6.07) is 7.47. The molecule has 0 unspecified atom stereocenters. The largest absolute Gasteiger partial charge is 0.497 e.